The van der Waals surface area contributed by atoms with Crippen LogP contribution in [0.3, 0.4) is 0 Å². The van der Waals surface area contributed by atoms with Crippen LogP contribution in [0, 0.1) is 0 Å². The third-order valence-corrected chi connectivity index (χ3v) is 4.43. The Bertz CT molecular complexity index is 976. The summed E-state index contributed by atoms with van der Waals surface area (Å²) in [6.45, 7) is 0. The van der Waals surface area contributed by atoms with E-state index in [2.05, 4.69) is 4.98 Å². The van der Waals surface area contributed by atoms with Crippen molar-refractivity contribution in [2.75, 3.05) is 0 Å². The molecule has 2 aromatic heterocycles. The van der Waals surface area contributed by atoms with Gasteiger partial charge in [-0.1, -0.05) is 41.7 Å². The second kappa shape index (κ2) is 5.44. The van der Waals surface area contributed by atoms with Gasteiger partial charge in [0.15, 0.2) is 4.96 Å². The zero-order valence-electron chi connectivity index (χ0n) is 11.3. The summed E-state index contributed by atoms with van der Waals surface area (Å²) in [7, 11) is 0. The highest BCUT2D eigenvalue weighted by atomic mass is 35.5. The fourth-order valence-electron chi connectivity index (χ4n) is 2.38. The number of carbonyl (C=O) groups is 1. The maximum atomic E-state index is 11.0. The molecule has 4 nitrogen and oxygen atoms in total. The number of imidazole rings is 1. The molecular weight excluding hydrogens is 320 g/mol. The number of aromatic nitrogens is 2. The minimum atomic E-state index is -0.909. The van der Waals surface area contributed by atoms with E-state index < -0.39 is 5.97 Å². The number of thiazole rings is 1. The lowest BCUT2D eigenvalue weighted by atomic mass is 10.2. The number of halogens is 1. The average molecular weight is 331 g/mol. The zero-order chi connectivity index (χ0) is 14.4. The number of aromatic carboxylic acids is 1. The number of rotatable bonds is 2. The van der Waals surface area contributed by atoms with Gasteiger partial charge in [-0.25, -0.2) is 9.78 Å². The van der Waals surface area contributed by atoms with Crippen LogP contribution < -0.4 is 0 Å². The van der Waals surface area contributed by atoms with Gasteiger partial charge in [-0.3, -0.25) is 4.40 Å². The molecule has 110 valence electrons. The highest BCUT2D eigenvalue weighted by Crippen LogP contribution is 2.30. The monoisotopic (exact) mass is 330 g/mol. The number of hydrogen-bond donors (Lipinski definition) is 1. The van der Waals surface area contributed by atoms with E-state index in [9.17, 15) is 4.79 Å². The Labute approximate surface area is 136 Å². The van der Waals surface area contributed by atoms with Crippen molar-refractivity contribution in [3.05, 3.63) is 60.3 Å². The van der Waals surface area contributed by atoms with Crippen molar-refractivity contribution in [3.8, 4) is 11.3 Å². The molecule has 0 bridgehead atoms. The Balaban J connectivity index is 0.00000144. The van der Waals surface area contributed by atoms with Crippen molar-refractivity contribution in [2.24, 2.45) is 0 Å². The molecule has 0 atom stereocenters. The Kier molecular flexibility index (Phi) is 3.60. The third kappa shape index (κ3) is 2.24. The fourth-order valence-corrected chi connectivity index (χ4v) is 3.43. The first kappa shape index (κ1) is 14.6. The lowest BCUT2D eigenvalue weighted by Gasteiger charge is -1.96. The number of nitrogens with zero attached hydrogens (tertiary/aromatic N) is 2. The second-order valence-corrected chi connectivity index (χ2v) is 5.74. The topological polar surface area (TPSA) is 54.6 Å². The number of fused-ring (bicyclic) bond motifs is 3. The largest absolute Gasteiger partial charge is 0.478 e. The molecule has 4 aromatic rings. The second-order valence-electron chi connectivity index (χ2n) is 4.73. The van der Waals surface area contributed by atoms with Gasteiger partial charge < -0.3 is 5.11 Å². The average Bonchev–Trinajstić information content (AvgIpc) is 3.04. The molecule has 0 amide bonds. The summed E-state index contributed by atoms with van der Waals surface area (Å²) in [5.41, 5.74) is 3.28. The predicted octanol–water partition coefficient (Wildman–Crippen LogP) is 4.34. The summed E-state index contributed by atoms with van der Waals surface area (Å²) in [6, 6.07) is 15.1. The standard InChI is InChI=1S/C16H10N2O2S.ClH/c19-15(20)11-6-7-13-14(8-11)21-16-17-12(9-18(13)16)10-4-2-1-3-5-10;/h1-9H,(H,19,20);1H. The quantitative estimate of drug-likeness (QED) is 0.595. The van der Waals surface area contributed by atoms with Gasteiger partial charge in [0.05, 0.1) is 21.5 Å². The van der Waals surface area contributed by atoms with Crippen molar-refractivity contribution in [3.63, 3.8) is 0 Å². The molecule has 1 N–H and O–H groups in total. The summed E-state index contributed by atoms with van der Waals surface area (Å²) in [6.07, 6.45) is 1.99. The molecule has 0 saturated carbocycles. The van der Waals surface area contributed by atoms with E-state index in [0.717, 1.165) is 26.4 Å². The molecule has 0 fully saturated rings. The predicted molar refractivity (Wildman–Crippen MR) is 90.2 cm³/mol. The Morgan fingerprint density at radius 3 is 2.64 bits per heavy atom. The van der Waals surface area contributed by atoms with Crippen LogP contribution in [0.1, 0.15) is 10.4 Å². The SMILES string of the molecule is Cl.O=C(O)c1ccc2c(c1)sc1nc(-c3ccccc3)cn12. The van der Waals surface area contributed by atoms with Crippen LogP contribution in [0.25, 0.3) is 26.4 Å². The molecule has 2 aromatic carbocycles. The van der Waals surface area contributed by atoms with Gasteiger partial charge in [0, 0.05) is 11.8 Å². The van der Waals surface area contributed by atoms with Gasteiger partial charge in [0.1, 0.15) is 0 Å². The highest BCUT2D eigenvalue weighted by molar-refractivity contribution is 7.23. The number of carboxylic acids is 1. The summed E-state index contributed by atoms with van der Waals surface area (Å²) in [5.74, 6) is -0.909. The first-order valence-corrected chi connectivity index (χ1v) is 7.24. The fraction of sp³-hybridized carbons (Fsp3) is 0. The van der Waals surface area contributed by atoms with Crippen molar-refractivity contribution in [1.82, 2.24) is 9.38 Å². The van der Waals surface area contributed by atoms with E-state index in [1.165, 1.54) is 11.3 Å². The lowest BCUT2D eigenvalue weighted by Crippen LogP contribution is -1.94. The van der Waals surface area contributed by atoms with Gasteiger partial charge in [0.25, 0.3) is 0 Å². The van der Waals surface area contributed by atoms with E-state index in [0.29, 0.717) is 5.56 Å². The summed E-state index contributed by atoms with van der Waals surface area (Å²) in [5, 5.41) is 9.04. The van der Waals surface area contributed by atoms with E-state index in [1.54, 1.807) is 12.1 Å². The van der Waals surface area contributed by atoms with Crippen LogP contribution in [-0.2, 0) is 0 Å². The number of hydrogen-bond acceptors (Lipinski definition) is 3. The first-order chi connectivity index (χ1) is 10.2. The summed E-state index contributed by atoms with van der Waals surface area (Å²) in [4.78, 5) is 16.5. The molecule has 22 heavy (non-hydrogen) atoms. The molecule has 0 aliphatic heterocycles. The normalized spacial score (nSPS) is 10.7. The Hall–Kier alpha value is -2.37. The van der Waals surface area contributed by atoms with Crippen LogP contribution in [0.15, 0.2) is 54.7 Å². The summed E-state index contributed by atoms with van der Waals surface area (Å²) < 4.78 is 2.94. The molecule has 0 saturated heterocycles. The van der Waals surface area contributed by atoms with Gasteiger partial charge >= 0.3 is 5.97 Å². The Morgan fingerprint density at radius 1 is 1.14 bits per heavy atom. The zero-order valence-corrected chi connectivity index (χ0v) is 12.9. The minimum absolute atomic E-state index is 0. The van der Waals surface area contributed by atoms with Gasteiger partial charge in [-0.05, 0) is 18.2 Å². The van der Waals surface area contributed by atoms with Crippen molar-refractivity contribution >= 4 is 44.9 Å². The molecule has 0 spiro atoms. The van der Waals surface area contributed by atoms with Crippen LogP contribution >= 0.6 is 23.7 Å². The number of carboxylic acid groups (broad SMARTS) is 1. The lowest BCUT2D eigenvalue weighted by molar-refractivity contribution is 0.0697. The van der Waals surface area contributed by atoms with E-state index >= 15 is 0 Å². The summed E-state index contributed by atoms with van der Waals surface area (Å²) >= 11 is 1.50. The van der Waals surface area contributed by atoms with Gasteiger partial charge in [0.2, 0.25) is 0 Å². The van der Waals surface area contributed by atoms with Gasteiger partial charge in [-0.15, -0.1) is 12.4 Å². The van der Waals surface area contributed by atoms with Gasteiger partial charge in [-0.2, -0.15) is 0 Å². The Morgan fingerprint density at radius 2 is 1.91 bits per heavy atom. The molecule has 2 heterocycles. The van der Waals surface area contributed by atoms with Crippen LogP contribution in [0.4, 0.5) is 0 Å². The van der Waals surface area contributed by atoms with Crippen molar-refractivity contribution < 1.29 is 9.90 Å². The third-order valence-electron chi connectivity index (χ3n) is 3.41. The van der Waals surface area contributed by atoms with E-state index in [-0.39, 0.29) is 12.4 Å². The van der Waals surface area contributed by atoms with E-state index in [1.807, 2.05) is 47.0 Å². The molecular formula is C16H11ClN2O2S. The molecule has 4 rings (SSSR count). The molecule has 6 heteroatoms. The molecule has 0 radical (unpaired) electrons. The first-order valence-electron chi connectivity index (χ1n) is 6.43. The van der Waals surface area contributed by atoms with Crippen LogP contribution in [0.2, 0.25) is 0 Å². The minimum Gasteiger partial charge on any atom is -0.478 e. The molecule has 0 aliphatic rings. The van der Waals surface area contributed by atoms with Crippen molar-refractivity contribution in [1.29, 1.82) is 0 Å². The van der Waals surface area contributed by atoms with Crippen molar-refractivity contribution in [2.45, 2.75) is 0 Å². The van der Waals surface area contributed by atoms with Crippen LogP contribution in [-0.4, -0.2) is 20.5 Å². The number of benzene rings is 2. The molecule has 0 aliphatic carbocycles. The smallest absolute Gasteiger partial charge is 0.335 e. The van der Waals surface area contributed by atoms with E-state index in [4.69, 9.17) is 5.11 Å². The van der Waals surface area contributed by atoms with Crippen LogP contribution in [0.5, 0.6) is 0 Å². The highest BCUT2D eigenvalue weighted by Gasteiger charge is 2.12. The maximum Gasteiger partial charge on any atom is 0.335 e. The molecule has 0 unspecified atom stereocenters. The maximum absolute atomic E-state index is 11.0.